The van der Waals surface area contributed by atoms with Crippen molar-refractivity contribution in [1.82, 2.24) is 4.98 Å². The standard InChI is InChI=1S/C17H19FN2O2S/c1-4-14(12-6-5-7-13(18)8-12)15-16(19-10-23-15)20-17(21)22-9-11(2)3/h4-8,10-11H,9H2,1-3H3,(H,20,21). The first-order chi connectivity index (χ1) is 11.0. The number of hydrogen-bond donors (Lipinski definition) is 1. The minimum atomic E-state index is -0.541. The lowest BCUT2D eigenvalue weighted by Crippen LogP contribution is -2.17. The van der Waals surface area contributed by atoms with Crippen LogP contribution < -0.4 is 5.32 Å². The molecule has 1 heterocycles. The van der Waals surface area contributed by atoms with Crippen molar-refractivity contribution in [3.8, 4) is 0 Å². The molecule has 0 aliphatic heterocycles. The van der Waals surface area contributed by atoms with Gasteiger partial charge in [0.05, 0.1) is 17.0 Å². The van der Waals surface area contributed by atoms with Gasteiger partial charge >= 0.3 is 6.09 Å². The van der Waals surface area contributed by atoms with Crippen LogP contribution in [-0.2, 0) is 4.74 Å². The first kappa shape index (κ1) is 17.1. The lowest BCUT2D eigenvalue weighted by Gasteiger charge is -2.10. The monoisotopic (exact) mass is 334 g/mol. The van der Waals surface area contributed by atoms with Crippen LogP contribution in [0.1, 0.15) is 31.2 Å². The summed E-state index contributed by atoms with van der Waals surface area (Å²) in [6.07, 6.45) is 1.33. The number of halogens is 1. The third-order valence-corrected chi connectivity index (χ3v) is 3.86. The highest BCUT2D eigenvalue weighted by atomic mass is 32.1. The average Bonchev–Trinajstić information content (AvgIpc) is 2.94. The molecule has 6 heteroatoms. The number of amides is 1. The summed E-state index contributed by atoms with van der Waals surface area (Å²) in [5, 5.41) is 2.65. The van der Waals surface area contributed by atoms with Crippen LogP contribution in [0.25, 0.3) is 5.57 Å². The predicted octanol–water partition coefficient (Wildman–Crippen LogP) is 4.94. The van der Waals surface area contributed by atoms with E-state index in [1.165, 1.54) is 23.5 Å². The maximum atomic E-state index is 13.5. The van der Waals surface area contributed by atoms with Crippen LogP contribution in [0.5, 0.6) is 0 Å². The summed E-state index contributed by atoms with van der Waals surface area (Å²) in [6, 6.07) is 6.32. The normalized spacial score (nSPS) is 11.6. The van der Waals surface area contributed by atoms with Crippen molar-refractivity contribution < 1.29 is 13.9 Å². The SMILES string of the molecule is CC=C(c1cccc(F)c1)c1scnc1NC(=O)OCC(C)C. The highest BCUT2D eigenvalue weighted by molar-refractivity contribution is 7.11. The third-order valence-electron chi connectivity index (χ3n) is 3.00. The Morgan fingerprint density at radius 2 is 2.26 bits per heavy atom. The second-order valence-corrected chi connectivity index (χ2v) is 6.21. The zero-order chi connectivity index (χ0) is 16.8. The molecule has 0 fully saturated rings. The molecule has 0 atom stereocenters. The van der Waals surface area contributed by atoms with Gasteiger partial charge in [0, 0.05) is 0 Å². The van der Waals surface area contributed by atoms with Gasteiger partial charge in [-0.15, -0.1) is 11.3 Å². The molecular weight excluding hydrogens is 315 g/mol. The zero-order valence-corrected chi connectivity index (χ0v) is 14.1. The summed E-state index contributed by atoms with van der Waals surface area (Å²) in [4.78, 5) is 16.8. The maximum absolute atomic E-state index is 13.5. The van der Waals surface area contributed by atoms with E-state index in [9.17, 15) is 9.18 Å². The summed E-state index contributed by atoms with van der Waals surface area (Å²) in [6.45, 7) is 6.12. The Balaban J connectivity index is 2.21. The molecular formula is C17H19FN2O2S. The van der Waals surface area contributed by atoms with Gasteiger partial charge in [0.1, 0.15) is 5.82 Å². The van der Waals surface area contributed by atoms with Gasteiger partial charge in [-0.05, 0) is 36.1 Å². The predicted molar refractivity (Wildman–Crippen MR) is 91.1 cm³/mol. The second-order valence-electron chi connectivity index (χ2n) is 5.36. The van der Waals surface area contributed by atoms with Crippen molar-refractivity contribution in [2.24, 2.45) is 5.92 Å². The largest absolute Gasteiger partial charge is 0.449 e. The Hall–Kier alpha value is -2.21. The second kappa shape index (κ2) is 7.87. The fraction of sp³-hybridized carbons (Fsp3) is 0.294. The summed E-state index contributed by atoms with van der Waals surface area (Å²) in [5.41, 5.74) is 3.18. The van der Waals surface area contributed by atoms with E-state index in [1.54, 1.807) is 11.6 Å². The summed E-state index contributed by atoms with van der Waals surface area (Å²) >= 11 is 1.38. The zero-order valence-electron chi connectivity index (χ0n) is 13.3. The molecule has 1 amide bonds. The number of nitrogens with zero attached hydrogens (tertiary/aromatic N) is 1. The first-order valence-corrected chi connectivity index (χ1v) is 8.19. The van der Waals surface area contributed by atoms with E-state index in [4.69, 9.17) is 4.74 Å². The Morgan fingerprint density at radius 1 is 1.48 bits per heavy atom. The molecule has 2 rings (SSSR count). The van der Waals surface area contributed by atoms with Crippen LogP contribution >= 0.6 is 11.3 Å². The van der Waals surface area contributed by atoms with Crippen molar-refractivity contribution in [2.75, 3.05) is 11.9 Å². The molecule has 0 spiro atoms. The lowest BCUT2D eigenvalue weighted by atomic mass is 10.0. The van der Waals surface area contributed by atoms with Crippen molar-refractivity contribution in [2.45, 2.75) is 20.8 Å². The molecule has 0 saturated heterocycles. The Labute approximate surface area is 139 Å². The number of nitrogens with one attached hydrogen (secondary N) is 1. The van der Waals surface area contributed by atoms with Crippen molar-refractivity contribution in [3.63, 3.8) is 0 Å². The number of allylic oxidation sites excluding steroid dienone is 1. The van der Waals surface area contributed by atoms with Gasteiger partial charge in [0.15, 0.2) is 5.82 Å². The van der Waals surface area contributed by atoms with Crippen LogP contribution in [-0.4, -0.2) is 17.7 Å². The molecule has 0 radical (unpaired) electrons. The van der Waals surface area contributed by atoms with Gasteiger partial charge in [-0.3, -0.25) is 5.32 Å². The fourth-order valence-electron chi connectivity index (χ4n) is 1.99. The lowest BCUT2D eigenvalue weighted by molar-refractivity contribution is 0.147. The molecule has 122 valence electrons. The molecule has 0 unspecified atom stereocenters. The number of hydrogen-bond acceptors (Lipinski definition) is 4. The number of rotatable bonds is 5. The summed E-state index contributed by atoms with van der Waals surface area (Å²) in [7, 11) is 0. The van der Waals surface area contributed by atoms with Crippen molar-refractivity contribution in [3.05, 3.63) is 52.1 Å². The number of carbonyl (C=O) groups is 1. The fourth-order valence-corrected chi connectivity index (χ4v) is 2.83. The molecule has 4 nitrogen and oxygen atoms in total. The summed E-state index contributed by atoms with van der Waals surface area (Å²) < 4.78 is 18.6. The maximum Gasteiger partial charge on any atom is 0.412 e. The number of thiazole rings is 1. The van der Waals surface area contributed by atoms with E-state index in [0.29, 0.717) is 12.4 Å². The first-order valence-electron chi connectivity index (χ1n) is 7.31. The highest BCUT2D eigenvalue weighted by Gasteiger charge is 2.16. The van der Waals surface area contributed by atoms with Crippen LogP contribution in [0.2, 0.25) is 0 Å². The van der Waals surface area contributed by atoms with Crippen LogP contribution in [0.4, 0.5) is 15.0 Å². The van der Waals surface area contributed by atoms with Gasteiger partial charge in [0.2, 0.25) is 0 Å². The molecule has 0 saturated carbocycles. The summed E-state index contributed by atoms with van der Waals surface area (Å²) in [5.74, 6) is 0.368. The molecule has 1 aromatic heterocycles. The molecule has 1 N–H and O–H groups in total. The number of aromatic nitrogens is 1. The van der Waals surface area contributed by atoms with E-state index in [0.717, 1.165) is 16.0 Å². The molecule has 0 aliphatic carbocycles. The van der Waals surface area contributed by atoms with Crippen molar-refractivity contribution in [1.29, 1.82) is 0 Å². The van der Waals surface area contributed by atoms with E-state index >= 15 is 0 Å². The molecule has 2 aromatic rings. The molecule has 23 heavy (non-hydrogen) atoms. The number of ether oxygens (including phenoxy) is 1. The Morgan fingerprint density at radius 3 is 2.91 bits per heavy atom. The number of carbonyl (C=O) groups excluding carboxylic acids is 1. The van der Waals surface area contributed by atoms with Gasteiger partial charge in [0.25, 0.3) is 0 Å². The van der Waals surface area contributed by atoms with Crippen LogP contribution in [0.3, 0.4) is 0 Å². The smallest absolute Gasteiger partial charge is 0.412 e. The molecule has 0 aliphatic rings. The van der Waals surface area contributed by atoms with E-state index in [-0.39, 0.29) is 11.7 Å². The van der Waals surface area contributed by atoms with Gasteiger partial charge in [-0.2, -0.15) is 0 Å². The molecule has 1 aromatic carbocycles. The minimum Gasteiger partial charge on any atom is -0.449 e. The average molecular weight is 334 g/mol. The number of anilines is 1. The van der Waals surface area contributed by atoms with E-state index in [1.807, 2.05) is 32.9 Å². The highest BCUT2D eigenvalue weighted by Crippen LogP contribution is 2.32. The van der Waals surface area contributed by atoms with Crippen LogP contribution in [0, 0.1) is 11.7 Å². The Bertz CT molecular complexity index is 710. The van der Waals surface area contributed by atoms with E-state index in [2.05, 4.69) is 10.3 Å². The van der Waals surface area contributed by atoms with E-state index < -0.39 is 6.09 Å². The topological polar surface area (TPSA) is 51.2 Å². The quantitative estimate of drug-likeness (QED) is 0.843. The third kappa shape index (κ3) is 4.63. The number of benzene rings is 1. The Kier molecular flexibility index (Phi) is 5.87. The van der Waals surface area contributed by atoms with Crippen LogP contribution in [0.15, 0.2) is 35.9 Å². The molecule has 0 bridgehead atoms. The van der Waals surface area contributed by atoms with Gasteiger partial charge < -0.3 is 4.74 Å². The van der Waals surface area contributed by atoms with Gasteiger partial charge in [-0.1, -0.05) is 32.1 Å². The van der Waals surface area contributed by atoms with Crippen molar-refractivity contribution >= 4 is 28.8 Å². The minimum absolute atomic E-state index is 0.258. The van der Waals surface area contributed by atoms with Gasteiger partial charge in [-0.25, -0.2) is 14.2 Å².